The molecular weight excluding hydrogens is 290 g/mol. The fourth-order valence-corrected chi connectivity index (χ4v) is 3.50. The molecule has 2 aliphatic rings. The van der Waals surface area contributed by atoms with Gasteiger partial charge in [0.2, 0.25) is 5.88 Å². The SMILES string of the molecule is COc1ncnc2c1nc(CCl)n2C1CCN(C2CC2)C1. The molecule has 1 aliphatic carbocycles. The standard InChI is InChI=1S/C14H18ClN5O/c1-21-14-12-13(16-8-17-14)20(11(6-15)18-12)10-4-5-19(7-10)9-2-3-9/h8-10H,2-7H2,1H3. The molecule has 1 saturated heterocycles. The maximum absolute atomic E-state index is 6.10. The number of halogens is 1. The Hall–Kier alpha value is -1.40. The first kappa shape index (κ1) is 13.3. The molecule has 0 radical (unpaired) electrons. The molecule has 3 heterocycles. The third kappa shape index (κ3) is 2.17. The van der Waals surface area contributed by atoms with Crippen molar-refractivity contribution in [2.45, 2.75) is 37.2 Å². The molecule has 21 heavy (non-hydrogen) atoms. The summed E-state index contributed by atoms with van der Waals surface area (Å²) in [5.41, 5.74) is 1.54. The Labute approximate surface area is 128 Å². The molecule has 0 spiro atoms. The second-order valence-corrected chi connectivity index (χ2v) is 6.02. The highest BCUT2D eigenvalue weighted by Gasteiger charge is 2.36. The molecule has 1 saturated carbocycles. The molecule has 1 unspecified atom stereocenters. The zero-order chi connectivity index (χ0) is 14.4. The van der Waals surface area contributed by atoms with Crippen molar-refractivity contribution in [3.8, 4) is 5.88 Å². The Morgan fingerprint density at radius 2 is 2.14 bits per heavy atom. The quantitative estimate of drug-likeness (QED) is 0.809. The van der Waals surface area contributed by atoms with E-state index in [0.717, 1.165) is 37.0 Å². The third-order valence-electron chi connectivity index (χ3n) is 4.45. The van der Waals surface area contributed by atoms with Crippen molar-refractivity contribution in [2.75, 3.05) is 20.2 Å². The molecule has 2 aromatic heterocycles. The number of rotatable bonds is 4. The molecule has 0 bridgehead atoms. The van der Waals surface area contributed by atoms with Crippen LogP contribution < -0.4 is 4.74 Å². The van der Waals surface area contributed by atoms with E-state index in [9.17, 15) is 0 Å². The van der Waals surface area contributed by atoms with Crippen molar-refractivity contribution >= 4 is 22.8 Å². The number of fused-ring (bicyclic) bond motifs is 1. The van der Waals surface area contributed by atoms with Gasteiger partial charge in [-0.2, -0.15) is 4.98 Å². The number of nitrogens with zero attached hydrogens (tertiary/aromatic N) is 5. The molecule has 1 aliphatic heterocycles. The molecule has 2 fully saturated rings. The van der Waals surface area contributed by atoms with Crippen LogP contribution in [0.3, 0.4) is 0 Å². The van der Waals surface area contributed by atoms with Crippen molar-refractivity contribution in [3.05, 3.63) is 12.2 Å². The maximum Gasteiger partial charge on any atom is 0.245 e. The van der Waals surface area contributed by atoms with Gasteiger partial charge in [0.1, 0.15) is 12.2 Å². The predicted octanol–water partition coefficient (Wildman–Crippen LogP) is 1.98. The zero-order valence-electron chi connectivity index (χ0n) is 12.0. The molecule has 1 atom stereocenters. The van der Waals surface area contributed by atoms with Crippen LogP contribution in [0.15, 0.2) is 6.33 Å². The largest absolute Gasteiger partial charge is 0.479 e. The molecule has 2 aromatic rings. The van der Waals surface area contributed by atoms with Crippen molar-refractivity contribution < 1.29 is 4.74 Å². The van der Waals surface area contributed by atoms with Crippen LogP contribution in [0.4, 0.5) is 0 Å². The number of ether oxygens (including phenoxy) is 1. The predicted molar refractivity (Wildman–Crippen MR) is 79.7 cm³/mol. The fourth-order valence-electron chi connectivity index (χ4n) is 3.31. The minimum absolute atomic E-state index is 0.374. The summed E-state index contributed by atoms with van der Waals surface area (Å²) in [6, 6.07) is 1.19. The Balaban J connectivity index is 1.76. The summed E-state index contributed by atoms with van der Waals surface area (Å²) in [4.78, 5) is 15.7. The number of aromatic nitrogens is 4. The molecule has 112 valence electrons. The van der Waals surface area contributed by atoms with Gasteiger partial charge in [-0.3, -0.25) is 4.90 Å². The van der Waals surface area contributed by atoms with Gasteiger partial charge in [-0.05, 0) is 19.3 Å². The van der Waals surface area contributed by atoms with Gasteiger partial charge >= 0.3 is 0 Å². The summed E-state index contributed by atoms with van der Waals surface area (Å²) in [6.45, 7) is 2.21. The number of hydrogen-bond acceptors (Lipinski definition) is 5. The van der Waals surface area contributed by atoms with Crippen molar-refractivity contribution in [1.82, 2.24) is 24.4 Å². The van der Waals surface area contributed by atoms with E-state index in [1.807, 2.05) is 0 Å². The zero-order valence-corrected chi connectivity index (χ0v) is 12.8. The Bertz CT molecular complexity index is 669. The number of hydrogen-bond donors (Lipinski definition) is 0. The molecule has 0 aromatic carbocycles. The summed E-state index contributed by atoms with van der Waals surface area (Å²) in [5, 5.41) is 0. The van der Waals surface area contributed by atoms with Crippen molar-refractivity contribution in [3.63, 3.8) is 0 Å². The van der Waals surface area contributed by atoms with Crippen LogP contribution in [0.2, 0.25) is 0 Å². The Morgan fingerprint density at radius 1 is 1.29 bits per heavy atom. The lowest BCUT2D eigenvalue weighted by atomic mass is 10.2. The fraction of sp³-hybridized carbons (Fsp3) is 0.643. The van der Waals surface area contributed by atoms with Gasteiger partial charge in [0.25, 0.3) is 0 Å². The van der Waals surface area contributed by atoms with Crippen LogP contribution in [0.25, 0.3) is 11.2 Å². The van der Waals surface area contributed by atoms with E-state index in [1.54, 1.807) is 7.11 Å². The van der Waals surface area contributed by atoms with Crippen LogP contribution in [0.5, 0.6) is 5.88 Å². The van der Waals surface area contributed by atoms with Gasteiger partial charge in [0, 0.05) is 19.1 Å². The summed E-state index contributed by atoms with van der Waals surface area (Å²) in [5.74, 6) is 1.75. The van der Waals surface area contributed by atoms with E-state index in [1.165, 1.54) is 19.2 Å². The first-order valence-electron chi connectivity index (χ1n) is 7.37. The van der Waals surface area contributed by atoms with Gasteiger partial charge in [-0.1, -0.05) is 0 Å². The minimum Gasteiger partial charge on any atom is -0.479 e. The van der Waals surface area contributed by atoms with E-state index in [4.69, 9.17) is 16.3 Å². The number of alkyl halides is 1. The van der Waals surface area contributed by atoms with Gasteiger partial charge in [0.15, 0.2) is 11.2 Å². The van der Waals surface area contributed by atoms with Crippen LogP contribution in [0.1, 0.15) is 31.1 Å². The summed E-state index contributed by atoms with van der Waals surface area (Å²) in [6.07, 6.45) is 5.34. The second-order valence-electron chi connectivity index (χ2n) is 5.76. The van der Waals surface area contributed by atoms with E-state index in [-0.39, 0.29) is 0 Å². The van der Waals surface area contributed by atoms with Crippen molar-refractivity contribution in [2.24, 2.45) is 0 Å². The first-order chi connectivity index (χ1) is 10.3. The second kappa shape index (κ2) is 5.10. The molecule has 0 amide bonds. The van der Waals surface area contributed by atoms with Crippen LogP contribution >= 0.6 is 11.6 Å². The van der Waals surface area contributed by atoms with Gasteiger partial charge in [-0.15, -0.1) is 11.6 Å². The number of imidazole rings is 1. The number of likely N-dealkylation sites (tertiary alicyclic amines) is 1. The average molecular weight is 308 g/mol. The normalized spacial score (nSPS) is 23.0. The molecule has 6 nitrogen and oxygen atoms in total. The summed E-state index contributed by atoms with van der Waals surface area (Å²) >= 11 is 6.10. The Morgan fingerprint density at radius 3 is 2.86 bits per heavy atom. The van der Waals surface area contributed by atoms with E-state index in [0.29, 0.717) is 23.3 Å². The van der Waals surface area contributed by atoms with Crippen LogP contribution in [0, 0.1) is 0 Å². The van der Waals surface area contributed by atoms with E-state index >= 15 is 0 Å². The topological polar surface area (TPSA) is 56.1 Å². The highest BCUT2D eigenvalue weighted by molar-refractivity contribution is 6.16. The average Bonchev–Trinajstić information content (AvgIpc) is 3.12. The Kier molecular flexibility index (Phi) is 3.23. The van der Waals surface area contributed by atoms with Gasteiger partial charge in [0.05, 0.1) is 19.0 Å². The van der Waals surface area contributed by atoms with E-state index < -0.39 is 0 Å². The maximum atomic E-state index is 6.10. The monoisotopic (exact) mass is 307 g/mol. The van der Waals surface area contributed by atoms with Gasteiger partial charge in [-0.25, -0.2) is 9.97 Å². The smallest absolute Gasteiger partial charge is 0.245 e. The summed E-state index contributed by atoms with van der Waals surface area (Å²) < 4.78 is 7.48. The number of methoxy groups -OCH3 is 1. The van der Waals surface area contributed by atoms with Crippen molar-refractivity contribution in [1.29, 1.82) is 0 Å². The summed E-state index contributed by atoms with van der Waals surface area (Å²) in [7, 11) is 1.60. The molecule has 4 rings (SSSR count). The highest BCUT2D eigenvalue weighted by atomic mass is 35.5. The molecule has 0 N–H and O–H groups in total. The van der Waals surface area contributed by atoms with E-state index in [2.05, 4.69) is 24.4 Å². The first-order valence-corrected chi connectivity index (χ1v) is 7.91. The highest BCUT2D eigenvalue weighted by Crippen LogP contribution is 2.36. The molecular formula is C14H18ClN5O. The van der Waals surface area contributed by atoms with Crippen LogP contribution in [-0.4, -0.2) is 50.7 Å². The lowest BCUT2D eigenvalue weighted by molar-refractivity contribution is 0.314. The van der Waals surface area contributed by atoms with Gasteiger partial charge < -0.3 is 9.30 Å². The molecule has 7 heteroatoms. The van der Waals surface area contributed by atoms with Crippen LogP contribution in [-0.2, 0) is 5.88 Å². The lowest BCUT2D eigenvalue weighted by Gasteiger charge is -2.17. The third-order valence-corrected chi connectivity index (χ3v) is 4.69. The lowest BCUT2D eigenvalue weighted by Crippen LogP contribution is -2.24. The minimum atomic E-state index is 0.374.